The second kappa shape index (κ2) is 9.14. The molecule has 2 bridgehead atoms. The van der Waals surface area contributed by atoms with E-state index in [-0.39, 0.29) is 42.0 Å². The number of carbonyl (C=O) groups excluding carboxylic acids is 4. The molecule has 5 heterocycles. The number of H-pyrrole nitrogens is 1. The van der Waals surface area contributed by atoms with Crippen molar-refractivity contribution in [1.82, 2.24) is 20.5 Å². The SMILES string of the molecule is Cc1csc2cc(C(=O)N3C4CCC(CC4)[C@@H]3C(=O)N[C@@H](C[C@@H]3CCNC3=O)C(=O)CO)[nH]c12. The van der Waals surface area contributed by atoms with E-state index in [2.05, 4.69) is 15.6 Å². The zero-order valence-electron chi connectivity index (χ0n) is 19.1. The Bertz CT molecular complexity index is 1130. The summed E-state index contributed by atoms with van der Waals surface area (Å²) in [6.45, 7) is 1.82. The van der Waals surface area contributed by atoms with Gasteiger partial charge in [0.15, 0.2) is 5.78 Å². The Morgan fingerprint density at radius 3 is 2.65 bits per heavy atom. The maximum atomic E-state index is 13.6. The Hall–Kier alpha value is -2.72. The van der Waals surface area contributed by atoms with Crippen LogP contribution in [0.4, 0.5) is 0 Å². The topological polar surface area (TPSA) is 132 Å². The fourth-order valence-corrected chi connectivity index (χ4v) is 6.80. The van der Waals surface area contributed by atoms with Crippen LogP contribution in [0.1, 0.15) is 54.6 Å². The summed E-state index contributed by atoms with van der Waals surface area (Å²) in [6.07, 6.45) is 4.17. The van der Waals surface area contributed by atoms with E-state index >= 15 is 0 Å². The van der Waals surface area contributed by atoms with Gasteiger partial charge in [0.1, 0.15) is 18.3 Å². The van der Waals surface area contributed by atoms with E-state index in [1.165, 1.54) is 0 Å². The van der Waals surface area contributed by atoms with Gasteiger partial charge in [0.25, 0.3) is 5.91 Å². The van der Waals surface area contributed by atoms with Gasteiger partial charge in [-0.3, -0.25) is 19.2 Å². The van der Waals surface area contributed by atoms with Crippen LogP contribution in [0.2, 0.25) is 0 Å². The molecule has 6 rings (SSSR count). The minimum absolute atomic E-state index is 0.0198. The maximum absolute atomic E-state index is 13.6. The number of ketones is 1. The Morgan fingerprint density at radius 1 is 1.24 bits per heavy atom. The molecule has 0 spiro atoms. The fraction of sp³-hybridized carbons (Fsp3) is 0.583. The van der Waals surface area contributed by atoms with Crippen LogP contribution in [-0.2, 0) is 14.4 Å². The monoisotopic (exact) mass is 486 g/mol. The van der Waals surface area contributed by atoms with E-state index in [0.717, 1.165) is 41.5 Å². The first-order valence-corrected chi connectivity index (χ1v) is 12.9. The van der Waals surface area contributed by atoms with Gasteiger partial charge in [0.2, 0.25) is 11.8 Å². The predicted molar refractivity (Wildman–Crippen MR) is 126 cm³/mol. The van der Waals surface area contributed by atoms with E-state index in [1.54, 1.807) is 16.2 Å². The highest BCUT2D eigenvalue weighted by Crippen LogP contribution is 2.41. The Kier molecular flexibility index (Phi) is 6.20. The molecule has 3 atom stereocenters. The number of Topliss-reactive ketones (excluding diaryl/α,β-unsaturated/α-hetero) is 1. The van der Waals surface area contributed by atoms with Crippen LogP contribution in [0.15, 0.2) is 11.4 Å². The molecule has 34 heavy (non-hydrogen) atoms. The number of aliphatic hydroxyl groups is 1. The summed E-state index contributed by atoms with van der Waals surface area (Å²) in [5, 5.41) is 17.1. The van der Waals surface area contributed by atoms with E-state index in [1.807, 2.05) is 18.4 Å². The summed E-state index contributed by atoms with van der Waals surface area (Å²) in [6, 6.07) is 0.197. The molecular formula is C24H30N4O5S. The van der Waals surface area contributed by atoms with Gasteiger partial charge in [-0.15, -0.1) is 11.3 Å². The van der Waals surface area contributed by atoms with Crippen molar-refractivity contribution in [3.8, 4) is 0 Å². The number of thiophene rings is 1. The summed E-state index contributed by atoms with van der Waals surface area (Å²) in [4.78, 5) is 56.6. The second-order valence-corrected chi connectivity index (χ2v) is 10.7. The van der Waals surface area contributed by atoms with Crippen LogP contribution in [0.5, 0.6) is 0 Å². The number of aliphatic hydroxyl groups excluding tert-OH is 1. The van der Waals surface area contributed by atoms with Crippen LogP contribution in [0.3, 0.4) is 0 Å². The molecule has 0 radical (unpaired) electrons. The number of amides is 3. The smallest absolute Gasteiger partial charge is 0.271 e. The lowest BCUT2D eigenvalue weighted by atomic mass is 9.74. The molecule has 4 N–H and O–H groups in total. The zero-order chi connectivity index (χ0) is 24.0. The van der Waals surface area contributed by atoms with Gasteiger partial charge in [-0.05, 0) is 68.4 Å². The fourth-order valence-electron chi connectivity index (χ4n) is 5.86. The molecule has 9 nitrogen and oxygen atoms in total. The number of nitrogens with one attached hydrogen (secondary N) is 3. The molecule has 3 saturated heterocycles. The third-order valence-electron chi connectivity index (χ3n) is 7.70. The number of nitrogens with zero attached hydrogens (tertiary/aromatic N) is 1. The van der Waals surface area contributed by atoms with Crippen LogP contribution >= 0.6 is 11.3 Å². The van der Waals surface area contributed by atoms with Gasteiger partial charge in [-0.1, -0.05) is 0 Å². The molecule has 3 aliphatic heterocycles. The van der Waals surface area contributed by atoms with Gasteiger partial charge in [0, 0.05) is 18.5 Å². The highest BCUT2D eigenvalue weighted by atomic mass is 32.1. The number of carbonyl (C=O) groups is 4. The lowest BCUT2D eigenvalue weighted by molar-refractivity contribution is -0.137. The number of piperidine rings is 2. The molecular weight excluding hydrogens is 456 g/mol. The molecule has 0 aromatic carbocycles. The molecule has 10 heteroatoms. The number of fused-ring (bicyclic) bond motifs is 4. The van der Waals surface area contributed by atoms with E-state index < -0.39 is 24.5 Å². The van der Waals surface area contributed by atoms with Crippen molar-refractivity contribution in [2.75, 3.05) is 13.2 Å². The number of rotatable bonds is 7. The van der Waals surface area contributed by atoms with Crippen LogP contribution in [0, 0.1) is 18.8 Å². The van der Waals surface area contributed by atoms with Crippen molar-refractivity contribution in [3.05, 3.63) is 22.7 Å². The summed E-state index contributed by atoms with van der Waals surface area (Å²) < 4.78 is 1.01. The minimum Gasteiger partial charge on any atom is -0.389 e. The molecule has 3 amide bonds. The third-order valence-corrected chi connectivity index (χ3v) is 8.74. The third kappa shape index (κ3) is 4.02. The van der Waals surface area contributed by atoms with Gasteiger partial charge in [-0.25, -0.2) is 0 Å². The average molecular weight is 487 g/mol. The molecule has 1 aliphatic carbocycles. The van der Waals surface area contributed by atoms with Gasteiger partial charge in [-0.2, -0.15) is 0 Å². The van der Waals surface area contributed by atoms with Crippen molar-refractivity contribution >= 4 is 45.1 Å². The number of hydrogen-bond acceptors (Lipinski definition) is 6. The van der Waals surface area contributed by atoms with Crippen molar-refractivity contribution in [3.63, 3.8) is 0 Å². The highest BCUT2D eigenvalue weighted by Gasteiger charge is 2.48. The lowest BCUT2D eigenvalue weighted by Crippen LogP contribution is -2.64. The molecule has 4 aliphatic rings. The largest absolute Gasteiger partial charge is 0.389 e. The van der Waals surface area contributed by atoms with Crippen LogP contribution in [0.25, 0.3) is 10.2 Å². The number of aromatic nitrogens is 1. The van der Waals surface area contributed by atoms with Crippen molar-refractivity contribution < 1.29 is 24.3 Å². The van der Waals surface area contributed by atoms with Crippen LogP contribution < -0.4 is 10.6 Å². The number of aryl methyl sites for hydroxylation is 1. The quantitative estimate of drug-likeness (QED) is 0.471. The van der Waals surface area contributed by atoms with Gasteiger partial charge < -0.3 is 25.6 Å². The normalized spacial score (nSPS) is 27.1. The van der Waals surface area contributed by atoms with Crippen LogP contribution in [-0.4, -0.2) is 69.8 Å². The first-order valence-electron chi connectivity index (χ1n) is 12.0. The second-order valence-electron chi connectivity index (χ2n) is 9.76. The van der Waals surface area contributed by atoms with Crippen molar-refractivity contribution in [2.45, 2.75) is 63.6 Å². The summed E-state index contributed by atoms with van der Waals surface area (Å²) >= 11 is 1.58. The summed E-state index contributed by atoms with van der Waals surface area (Å²) in [5.74, 6) is -1.59. The number of aromatic amines is 1. The molecule has 4 fully saturated rings. The molecule has 0 unspecified atom stereocenters. The standard InChI is InChI=1S/C24H30N4O5S/c1-12-11-34-19-9-17(26-20(12)19)24(33)28-15-4-2-13(3-5-15)21(28)23(32)27-16(18(30)10-29)8-14-6-7-25-22(14)31/h9,11,13-16,21,26,29H,2-8,10H2,1H3,(H,25,31)(H,27,32)/t13?,14-,15?,16-,21+/m0/s1. The Morgan fingerprint density at radius 2 is 2.00 bits per heavy atom. The first-order chi connectivity index (χ1) is 16.4. The zero-order valence-corrected chi connectivity index (χ0v) is 20.0. The van der Waals surface area contributed by atoms with Gasteiger partial charge >= 0.3 is 0 Å². The lowest BCUT2D eigenvalue weighted by Gasteiger charge is -2.50. The van der Waals surface area contributed by atoms with E-state index in [0.29, 0.717) is 18.7 Å². The van der Waals surface area contributed by atoms with E-state index in [4.69, 9.17) is 0 Å². The highest BCUT2D eigenvalue weighted by molar-refractivity contribution is 7.17. The van der Waals surface area contributed by atoms with Crippen molar-refractivity contribution in [2.24, 2.45) is 11.8 Å². The summed E-state index contributed by atoms with van der Waals surface area (Å²) in [7, 11) is 0. The molecule has 182 valence electrons. The van der Waals surface area contributed by atoms with Crippen molar-refractivity contribution in [1.29, 1.82) is 0 Å². The minimum atomic E-state index is -0.956. The Balaban J connectivity index is 1.38. The average Bonchev–Trinajstić information content (AvgIpc) is 3.55. The molecule has 2 aromatic rings. The molecule has 2 aromatic heterocycles. The van der Waals surface area contributed by atoms with Gasteiger partial charge in [0.05, 0.1) is 16.3 Å². The predicted octanol–water partition coefficient (Wildman–Crippen LogP) is 1.49. The number of hydrogen-bond donors (Lipinski definition) is 4. The molecule has 1 saturated carbocycles. The summed E-state index contributed by atoms with van der Waals surface area (Å²) in [5.41, 5.74) is 2.50. The van der Waals surface area contributed by atoms with E-state index in [9.17, 15) is 24.3 Å². The maximum Gasteiger partial charge on any atom is 0.271 e. The first kappa shape index (κ1) is 23.0. The Labute approximate surface area is 201 Å².